The Morgan fingerprint density at radius 3 is 2.60 bits per heavy atom. The molecule has 0 saturated carbocycles. The molecule has 0 aliphatic carbocycles. The number of benzene rings is 1. The average molecular weight is 135 g/mol. The van der Waals surface area contributed by atoms with Gasteiger partial charge in [-0.05, 0) is 30.7 Å². The monoisotopic (exact) mass is 135 g/mol. The van der Waals surface area contributed by atoms with Crippen molar-refractivity contribution in [1.82, 2.24) is 0 Å². The molecule has 0 fully saturated rings. The Balaban J connectivity index is 3.22. The summed E-state index contributed by atoms with van der Waals surface area (Å²) in [7, 11) is 0. The summed E-state index contributed by atoms with van der Waals surface area (Å²) in [6.07, 6.45) is 0. The number of aryl methyl sites for hydroxylation is 1. The summed E-state index contributed by atoms with van der Waals surface area (Å²) in [6.45, 7) is 1.75. The quantitative estimate of drug-likeness (QED) is 0.533. The van der Waals surface area contributed by atoms with E-state index < -0.39 is 0 Å². The second-order valence-corrected chi connectivity index (χ2v) is 2.13. The first-order valence-electron chi connectivity index (χ1n) is 2.89. The molecule has 1 aromatic carbocycles. The van der Waals surface area contributed by atoms with Crippen LogP contribution in [0, 0.1) is 24.1 Å². The molecule has 2 heteroatoms. The van der Waals surface area contributed by atoms with Crippen molar-refractivity contribution in [2.24, 2.45) is 0 Å². The summed E-state index contributed by atoms with van der Waals surface area (Å²) in [5.41, 5.74) is 1.15. The highest BCUT2D eigenvalue weighted by molar-refractivity contribution is 5.32. The lowest BCUT2D eigenvalue weighted by Gasteiger charge is -1.92. The van der Waals surface area contributed by atoms with Gasteiger partial charge in [0, 0.05) is 0 Å². The molecule has 0 saturated heterocycles. The molecule has 0 N–H and O–H groups in total. The summed E-state index contributed by atoms with van der Waals surface area (Å²) in [5, 5.41) is 8.37. The lowest BCUT2D eigenvalue weighted by molar-refractivity contribution is 0.626. The van der Waals surface area contributed by atoms with E-state index in [-0.39, 0.29) is 5.82 Å². The van der Waals surface area contributed by atoms with E-state index >= 15 is 0 Å². The lowest BCUT2D eigenvalue weighted by Crippen LogP contribution is -1.80. The maximum absolute atomic E-state index is 12.5. The van der Waals surface area contributed by atoms with Gasteiger partial charge >= 0.3 is 0 Å². The predicted molar refractivity (Wildman–Crippen MR) is 35.9 cm³/mol. The van der Waals surface area contributed by atoms with Crippen LogP contribution in [0.15, 0.2) is 18.2 Å². The fraction of sp³-hybridized carbons (Fsp3) is 0.125. The minimum Gasteiger partial charge on any atom is -0.207 e. The largest absolute Gasteiger partial charge is 0.207 e. The highest BCUT2D eigenvalue weighted by Gasteiger charge is 1.94. The molecule has 1 nitrogen and oxygen atoms in total. The Kier molecular flexibility index (Phi) is 1.68. The molecule has 0 heterocycles. The molecule has 0 amide bonds. The second kappa shape index (κ2) is 2.49. The minimum absolute atomic E-state index is 0.350. The van der Waals surface area contributed by atoms with E-state index in [1.54, 1.807) is 13.0 Å². The van der Waals surface area contributed by atoms with E-state index in [4.69, 9.17) is 5.26 Å². The first-order chi connectivity index (χ1) is 4.72. The van der Waals surface area contributed by atoms with Crippen LogP contribution in [-0.4, -0.2) is 0 Å². The molecule has 0 radical (unpaired) electrons. The second-order valence-electron chi connectivity index (χ2n) is 2.13. The van der Waals surface area contributed by atoms with E-state index in [1.807, 2.05) is 6.07 Å². The van der Waals surface area contributed by atoms with E-state index in [9.17, 15) is 4.39 Å². The zero-order chi connectivity index (χ0) is 7.56. The zero-order valence-corrected chi connectivity index (χ0v) is 5.56. The van der Waals surface area contributed by atoms with Crippen LogP contribution in [0.4, 0.5) is 4.39 Å². The average Bonchev–Trinajstić information content (AvgIpc) is 1.85. The molecular weight excluding hydrogens is 129 g/mol. The predicted octanol–water partition coefficient (Wildman–Crippen LogP) is 2.01. The zero-order valence-electron chi connectivity index (χ0n) is 5.56. The maximum Gasteiger partial charge on any atom is 0.124 e. The Morgan fingerprint density at radius 1 is 1.40 bits per heavy atom. The molecule has 0 unspecified atom stereocenters. The van der Waals surface area contributed by atoms with Crippen molar-refractivity contribution >= 4 is 0 Å². The number of nitrogens with zero attached hydrogens (tertiary/aromatic N) is 1. The highest BCUT2D eigenvalue weighted by Crippen LogP contribution is 2.06. The molecule has 10 heavy (non-hydrogen) atoms. The van der Waals surface area contributed by atoms with Crippen molar-refractivity contribution in [3.8, 4) is 6.07 Å². The first kappa shape index (κ1) is 6.76. The topological polar surface area (TPSA) is 23.8 Å². The number of nitriles is 1. The molecule has 0 spiro atoms. The Bertz CT molecular complexity index is 266. The number of rotatable bonds is 0. The summed E-state index contributed by atoms with van der Waals surface area (Å²) < 4.78 is 12.5. The van der Waals surface area contributed by atoms with Gasteiger partial charge in [0.2, 0.25) is 0 Å². The number of halogens is 1. The fourth-order valence-corrected chi connectivity index (χ4v) is 0.801. The van der Waals surface area contributed by atoms with Crippen LogP contribution in [0.2, 0.25) is 0 Å². The van der Waals surface area contributed by atoms with Crippen molar-refractivity contribution in [2.75, 3.05) is 0 Å². The van der Waals surface area contributed by atoms with Gasteiger partial charge in [-0.2, -0.15) is 5.26 Å². The Hall–Kier alpha value is -1.36. The number of hydrogen-bond donors (Lipinski definition) is 0. The molecular formula is C8H6FN. The third-order valence-electron chi connectivity index (χ3n) is 1.17. The molecule has 0 aromatic heterocycles. The molecule has 1 rings (SSSR count). The van der Waals surface area contributed by atoms with Gasteiger partial charge < -0.3 is 0 Å². The van der Waals surface area contributed by atoms with Crippen LogP contribution in [0.5, 0.6) is 0 Å². The maximum atomic E-state index is 12.5. The van der Waals surface area contributed by atoms with E-state index in [0.29, 0.717) is 5.56 Å². The van der Waals surface area contributed by atoms with Gasteiger partial charge in [-0.15, -0.1) is 0 Å². The molecule has 50 valence electrons. The molecule has 0 atom stereocenters. The Morgan fingerprint density at radius 2 is 2.10 bits per heavy atom. The van der Waals surface area contributed by atoms with E-state index in [1.165, 1.54) is 12.1 Å². The smallest absolute Gasteiger partial charge is 0.124 e. The normalized spacial score (nSPS) is 8.90. The van der Waals surface area contributed by atoms with Crippen molar-refractivity contribution in [3.05, 3.63) is 35.1 Å². The van der Waals surface area contributed by atoms with Gasteiger partial charge in [0.15, 0.2) is 0 Å². The molecule has 1 aromatic rings. The van der Waals surface area contributed by atoms with Crippen LogP contribution in [0.25, 0.3) is 0 Å². The summed E-state index contributed by atoms with van der Waals surface area (Å²) in [6, 6.07) is 6.12. The van der Waals surface area contributed by atoms with Crippen molar-refractivity contribution < 1.29 is 4.39 Å². The van der Waals surface area contributed by atoms with Gasteiger partial charge in [0.25, 0.3) is 0 Å². The molecule has 0 aliphatic rings. The first-order valence-corrected chi connectivity index (χ1v) is 2.89. The fourth-order valence-electron chi connectivity index (χ4n) is 0.801. The van der Waals surface area contributed by atoms with E-state index in [2.05, 4.69) is 0 Å². The van der Waals surface area contributed by atoms with Crippen LogP contribution in [0.1, 0.15) is 11.1 Å². The summed E-state index contributed by atoms with van der Waals surface area (Å²) in [4.78, 5) is 0. The third kappa shape index (κ3) is 1.32. The van der Waals surface area contributed by atoms with Crippen molar-refractivity contribution in [3.63, 3.8) is 0 Å². The van der Waals surface area contributed by atoms with Gasteiger partial charge in [0.05, 0.1) is 11.6 Å². The Labute approximate surface area is 58.7 Å². The van der Waals surface area contributed by atoms with Gasteiger partial charge in [-0.25, -0.2) is 4.39 Å². The lowest BCUT2D eigenvalue weighted by atomic mass is 10.1. The summed E-state index contributed by atoms with van der Waals surface area (Å²) >= 11 is 0. The molecule has 0 bridgehead atoms. The molecule has 0 aliphatic heterocycles. The van der Waals surface area contributed by atoms with Crippen LogP contribution >= 0.6 is 0 Å². The standard InChI is InChI=1S/C8H6FN/c1-6-2-7(5-10)4-8(9)3-6/h2-4H,1H3. The van der Waals surface area contributed by atoms with Gasteiger partial charge in [-0.3, -0.25) is 0 Å². The van der Waals surface area contributed by atoms with Crippen molar-refractivity contribution in [2.45, 2.75) is 6.92 Å². The van der Waals surface area contributed by atoms with E-state index in [0.717, 1.165) is 5.56 Å². The van der Waals surface area contributed by atoms with Crippen LogP contribution in [0.3, 0.4) is 0 Å². The minimum atomic E-state index is -0.350. The summed E-state index contributed by atoms with van der Waals surface area (Å²) in [5.74, 6) is -0.350. The van der Waals surface area contributed by atoms with Gasteiger partial charge in [0.1, 0.15) is 5.82 Å². The van der Waals surface area contributed by atoms with Crippen LogP contribution in [-0.2, 0) is 0 Å². The SMILES string of the molecule is Cc1cc(F)cc(C#N)c1. The number of hydrogen-bond acceptors (Lipinski definition) is 1. The highest BCUT2D eigenvalue weighted by atomic mass is 19.1. The van der Waals surface area contributed by atoms with Crippen molar-refractivity contribution in [1.29, 1.82) is 5.26 Å². The van der Waals surface area contributed by atoms with Gasteiger partial charge in [-0.1, -0.05) is 0 Å². The van der Waals surface area contributed by atoms with Crippen LogP contribution < -0.4 is 0 Å². The third-order valence-corrected chi connectivity index (χ3v) is 1.17.